The third kappa shape index (κ3) is 7.64. The molecule has 0 heterocycles. The Balaban J connectivity index is 1.89. The van der Waals surface area contributed by atoms with E-state index in [0.717, 1.165) is 43.6 Å². The molecule has 3 fully saturated rings. The minimum Gasteiger partial charge on any atom is -0.393 e. The molecule has 10 heteroatoms. The van der Waals surface area contributed by atoms with Gasteiger partial charge in [-0.3, -0.25) is 0 Å². The van der Waals surface area contributed by atoms with Crippen LogP contribution in [0.3, 0.4) is 0 Å². The molecule has 0 radical (unpaired) electrons. The maximum absolute atomic E-state index is 13.2. The van der Waals surface area contributed by atoms with Gasteiger partial charge in [-0.2, -0.15) is 26.3 Å². The largest absolute Gasteiger partial charge is 0.438 e. The van der Waals surface area contributed by atoms with Crippen molar-refractivity contribution >= 4 is 0 Å². The van der Waals surface area contributed by atoms with Gasteiger partial charge in [-0.05, 0) is 105 Å². The van der Waals surface area contributed by atoms with E-state index in [1.807, 2.05) is 12.2 Å². The third-order valence-corrected chi connectivity index (χ3v) is 9.69. The monoisotopic (exact) mass is 606 g/mol. The molecule has 0 aromatic carbocycles. The summed E-state index contributed by atoms with van der Waals surface area (Å²) in [6.45, 7) is 9.40. The van der Waals surface area contributed by atoms with Crippen LogP contribution in [-0.4, -0.2) is 56.2 Å². The van der Waals surface area contributed by atoms with Crippen molar-refractivity contribution in [3.8, 4) is 11.8 Å². The second kappa shape index (κ2) is 12.7. The van der Waals surface area contributed by atoms with E-state index >= 15 is 0 Å². The molecule has 3 rings (SSSR count). The highest BCUT2D eigenvalue weighted by Crippen LogP contribution is 2.60. The Morgan fingerprint density at radius 3 is 2.29 bits per heavy atom. The molecule has 3 aliphatic carbocycles. The van der Waals surface area contributed by atoms with Gasteiger partial charge < -0.3 is 20.4 Å². The molecule has 3 saturated carbocycles. The van der Waals surface area contributed by atoms with Gasteiger partial charge in [0.1, 0.15) is 0 Å². The highest BCUT2D eigenvalue weighted by Gasteiger charge is 2.70. The van der Waals surface area contributed by atoms with Crippen LogP contribution in [0.2, 0.25) is 0 Å². The first kappa shape index (κ1) is 34.7. The lowest BCUT2D eigenvalue weighted by Crippen LogP contribution is -2.55. The number of aliphatic hydroxyl groups excluding tert-OH is 2. The molecule has 0 aromatic rings. The molecule has 0 aliphatic heterocycles. The van der Waals surface area contributed by atoms with Gasteiger partial charge in [-0.1, -0.05) is 43.6 Å². The van der Waals surface area contributed by atoms with Crippen LogP contribution in [0.5, 0.6) is 0 Å². The van der Waals surface area contributed by atoms with Gasteiger partial charge in [-0.25, -0.2) is 0 Å². The Labute approximate surface area is 244 Å². The maximum atomic E-state index is 13.2. The molecule has 238 valence electrons. The summed E-state index contributed by atoms with van der Waals surface area (Å²) in [7, 11) is 0. The predicted octanol–water partition coefficient (Wildman–Crippen LogP) is 6.93. The molecule has 3 aliphatic rings. The first-order valence-electron chi connectivity index (χ1n) is 14.7. The minimum absolute atomic E-state index is 0.0203. The fourth-order valence-electron chi connectivity index (χ4n) is 7.37. The van der Waals surface area contributed by atoms with E-state index in [1.54, 1.807) is 13.8 Å². The van der Waals surface area contributed by atoms with Crippen LogP contribution in [0.25, 0.3) is 0 Å². The molecule has 4 nitrogen and oxygen atoms in total. The SMILES string of the molecule is C=C1/C(=C\C=C2/CCC[C@]3(C)[C@@H]([C@@H](CC#CC(O)(C(F)(F)F)C(F)(F)F)CCCC(C)(C)O)CC[C@@H]23)C[C@@H](O)C[C@@H]1O. The summed E-state index contributed by atoms with van der Waals surface area (Å²) in [5, 5.41) is 40.0. The van der Waals surface area contributed by atoms with Crippen LogP contribution in [0.1, 0.15) is 91.4 Å². The number of hydrogen-bond acceptors (Lipinski definition) is 4. The average molecular weight is 607 g/mol. The summed E-state index contributed by atoms with van der Waals surface area (Å²) in [5.41, 5.74) is -3.75. The van der Waals surface area contributed by atoms with Gasteiger partial charge in [0.15, 0.2) is 0 Å². The van der Waals surface area contributed by atoms with E-state index < -0.39 is 35.8 Å². The minimum atomic E-state index is -5.99. The number of rotatable bonds is 7. The van der Waals surface area contributed by atoms with Gasteiger partial charge in [0, 0.05) is 12.8 Å². The molecule has 0 spiro atoms. The summed E-state index contributed by atoms with van der Waals surface area (Å²) >= 11 is 0. The van der Waals surface area contributed by atoms with E-state index in [2.05, 4.69) is 19.4 Å². The van der Waals surface area contributed by atoms with Gasteiger partial charge in [0.25, 0.3) is 0 Å². The molecule has 4 N–H and O–H groups in total. The molecule has 6 atom stereocenters. The van der Waals surface area contributed by atoms with Crippen molar-refractivity contribution in [1.29, 1.82) is 0 Å². The van der Waals surface area contributed by atoms with Gasteiger partial charge in [-0.15, -0.1) is 0 Å². The zero-order chi connectivity index (χ0) is 31.7. The Morgan fingerprint density at radius 2 is 1.69 bits per heavy atom. The summed E-state index contributed by atoms with van der Waals surface area (Å²) < 4.78 is 79.3. The standard InChI is InChI=1S/C32H44F6O4/c1-20-23(18-24(39)19-27(20)40)12-11-22-9-6-16-29(4)25(13-14-26(22)29)21(8-5-15-28(2,3)41)10-7-17-30(42,31(33,34)35)32(36,37)38/h11-12,21,24-27,39-42H,1,5-6,8-10,13-16,18-19H2,2-4H3/b22-11+,23-12-/t21-,24-,25-,26+,27+,29-/m1/s1. The summed E-state index contributed by atoms with van der Waals surface area (Å²) in [5.74, 6) is 3.04. The van der Waals surface area contributed by atoms with Crippen LogP contribution < -0.4 is 0 Å². The summed E-state index contributed by atoms with van der Waals surface area (Å²) in [6, 6.07) is 0. The smallest absolute Gasteiger partial charge is 0.393 e. The Morgan fingerprint density at radius 1 is 1.05 bits per heavy atom. The fraction of sp³-hybridized carbons (Fsp3) is 0.750. The Bertz CT molecular complexity index is 1090. The lowest BCUT2D eigenvalue weighted by molar-refractivity contribution is -0.343. The summed E-state index contributed by atoms with van der Waals surface area (Å²) in [4.78, 5) is 0. The molecular weight excluding hydrogens is 562 g/mol. The second-order valence-electron chi connectivity index (χ2n) is 13.3. The molecule has 0 bridgehead atoms. The molecule has 0 amide bonds. The second-order valence-corrected chi connectivity index (χ2v) is 13.3. The lowest BCUT2D eigenvalue weighted by atomic mass is 9.60. The molecule has 0 unspecified atom stereocenters. The van der Waals surface area contributed by atoms with E-state index in [1.165, 1.54) is 5.57 Å². The van der Waals surface area contributed by atoms with Crippen LogP contribution >= 0.6 is 0 Å². The molecular formula is C32H44F6O4. The van der Waals surface area contributed by atoms with Crippen LogP contribution in [0, 0.1) is 35.0 Å². The van der Waals surface area contributed by atoms with E-state index in [-0.39, 0.29) is 36.0 Å². The number of allylic oxidation sites excluding steroid dienone is 3. The van der Waals surface area contributed by atoms with Crippen molar-refractivity contribution in [1.82, 2.24) is 0 Å². The average Bonchev–Trinajstić information content (AvgIpc) is 3.19. The van der Waals surface area contributed by atoms with Crippen molar-refractivity contribution in [3.05, 3.63) is 35.5 Å². The number of halogens is 6. The van der Waals surface area contributed by atoms with E-state index in [0.29, 0.717) is 31.3 Å². The van der Waals surface area contributed by atoms with E-state index in [4.69, 9.17) is 0 Å². The molecule has 42 heavy (non-hydrogen) atoms. The Kier molecular flexibility index (Phi) is 10.5. The van der Waals surface area contributed by atoms with Crippen LogP contribution in [-0.2, 0) is 0 Å². The number of hydrogen-bond donors (Lipinski definition) is 4. The fourth-order valence-corrected chi connectivity index (χ4v) is 7.37. The van der Waals surface area contributed by atoms with Crippen LogP contribution in [0.4, 0.5) is 26.3 Å². The predicted molar refractivity (Wildman–Crippen MR) is 148 cm³/mol. The zero-order valence-electron chi connectivity index (χ0n) is 24.6. The lowest BCUT2D eigenvalue weighted by Gasteiger charge is -2.45. The van der Waals surface area contributed by atoms with Gasteiger partial charge >= 0.3 is 18.0 Å². The van der Waals surface area contributed by atoms with Crippen molar-refractivity contribution in [2.45, 2.75) is 127 Å². The normalized spacial score (nSPS) is 32.1. The quantitative estimate of drug-likeness (QED) is 0.187. The van der Waals surface area contributed by atoms with Crippen molar-refractivity contribution < 1.29 is 46.8 Å². The van der Waals surface area contributed by atoms with Crippen molar-refractivity contribution in [2.24, 2.45) is 23.2 Å². The highest BCUT2D eigenvalue weighted by atomic mass is 19.4. The third-order valence-electron chi connectivity index (χ3n) is 9.69. The highest BCUT2D eigenvalue weighted by molar-refractivity contribution is 5.38. The first-order valence-corrected chi connectivity index (χ1v) is 14.7. The first-order chi connectivity index (χ1) is 19.2. The Hall–Kier alpha value is -1.80. The van der Waals surface area contributed by atoms with E-state index in [9.17, 15) is 46.8 Å². The summed E-state index contributed by atoms with van der Waals surface area (Å²) in [6.07, 6.45) is -3.56. The number of fused-ring (bicyclic) bond motifs is 1. The zero-order valence-corrected chi connectivity index (χ0v) is 24.6. The van der Waals surface area contributed by atoms with Crippen LogP contribution in [0.15, 0.2) is 35.5 Å². The van der Waals surface area contributed by atoms with Gasteiger partial charge in [0.2, 0.25) is 0 Å². The number of alkyl halides is 6. The molecule has 0 aromatic heterocycles. The topological polar surface area (TPSA) is 80.9 Å². The van der Waals surface area contributed by atoms with Crippen molar-refractivity contribution in [3.63, 3.8) is 0 Å². The van der Waals surface area contributed by atoms with Crippen molar-refractivity contribution in [2.75, 3.05) is 0 Å². The maximum Gasteiger partial charge on any atom is 0.438 e. The molecule has 0 saturated heterocycles. The number of aliphatic hydroxyl groups is 4. The van der Waals surface area contributed by atoms with Gasteiger partial charge in [0.05, 0.1) is 17.8 Å².